The molecule has 2 aromatic rings. The molecule has 0 aliphatic carbocycles. The van der Waals surface area contributed by atoms with E-state index < -0.39 is 0 Å². The molecule has 0 saturated carbocycles. The van der Waals surface area contributed by atoms with Crippen LogP contribution >= 0.6 is 0 Å². The Morgan fingerprint density at radius 2 is 1.60 bits per heavy atom. The van der Waals surface area contributed by atoms with E-state index in [-0.39, 0.29) is 0 Å². The summed E-state index contributed by atoms with van der Waals surface area (Å²) in [7, 11) is 8.40. The van der Waals surface area contributed by atoms with Gasteiger partial charge in [-0.15, -0.1) is 0 Å². The summed E-state index contributed by atoms with van der Waals surface area (Å²) in [6.45, 7) is 2.21. The SMILES string of the molecule is CN(C)c1cc(CC(C#N)=CNc2ccccc2)cc(N(C)C)c1N1CCCCC1. The third kappa shape index (κ3) is 5.27. The smallest absolute Gasteiger partial charge is 0.0965 e. The third-order valence-electron chi connectivity index (χ3n) is 5.49. The molecule has 0 atom stereocenters. The molecule has 1 fully saturated rings. The normalized spacial score (nSPS) is 14.2. The van der Waals surface area contributed by atoms with Crippen LogP contribution in [0.5, 0.6) is 0 Å². The van der Waals surface area contributed by atoms with Crippen molar-refractivity contribution in [3.8, 4) is 6.07 Å². The van der Waals surface area contributed by atoms with E-state index >= 15 is 0 Å². The number of nitriles is 1. The lowest BCUT2D eigenvalue weighted by Gasteiger charge is -2.36. The van der Waals surface area contributed by atoms with Gasteiger partial charge >= 0.3 is 0 Å². The molecule has 1 heterocycles. The molecule has 1 aliphatic heterocycles. The van der Waals surface area contributed by atoms with Gasteiger partial charge in [0.1, 0.15) is 0 Å². The Balaban J connectivity index is 1.93. The molecule has 3 rings (SSSR count). The van der Waals surface area contributed by atoms with Crippen LogP contribution in [0.4, 0.5) is 22.7 Å². The Kier molecular flexibility index (Phi) is 7.24. The average molecular weight is 404 g/mol. The molecule has 0 amide bonds. The fourth-order valence-corrected chi connectivity index (χ4v) is 3.93. The summed E-state index contributed by atoms with van der Waals surface area (Å²) in [5.41, 5.74) is 6.56. The summed E-state index contributed by atoms with van der Waals surface area (Å²) >= 11 is 0. The zero-order chi connectivity index (χ0) is 21.5. The molecule has 0 radical (unpaired) electrons. The number of allylic oxidation sites excluding steroid dienone is 1. The monoisotopic (exact) mass is 403 g/mol. The second-order valence-electron chi connectivity index (χ2n) is 8.29. The second kappa shape index (κ2) is 10.1. The fourth-order valence-electron chi connectivity index (χ4n) is 3.93. The molecule has 1 saturated heterocycles. The van der Waals surface area contributed by atoms with Crippen LogP contribution in [0, 0.1) is 11.3 Å². The lowest BCUT2D eigenvalue weighted by atomic mass is 10.0. The van der Waals surface area contributed by atoms with Crippen molar-refractivity contribution in [2.45, 2.75) is 25.7 Å². The molecule has 158 valence electrons. The number of piperidine rings is 1. The molecule has 0 unspecified atom stereocenters. The first-order chi connectivity index (χ1) is 14.5. The van der Waals surface area contributed by atoms with Crippen LogP contribution < -0.4 is 20.0 Å². The van der Waals surface area contributed by atoms with Gasteiger partial charge in [-0.25, -0.2) is 0 Å². The summed E-state index contributed by atoms with van der Waals surface area (Å²) < 4.78 is 0. The maximum atomic E-state index is 9.69. The fraction of sp³-hybridized carbons (Fsp3) is 0.400. The molecule has 0 bridgehead atoms. The van der Waals surface area contributed by atoms with E-state index in [1.165, 1.54) is 36.3 Å². The number of nitrogens with zero attached hydrogens (tertiary/aromatic N) is 4. The van der Waals surface area contributed by atoms with Crippen molar-refractivity contribution in [3.05, 3.63) is 59.8 Å². The minimum atomic E-state index is 0.596. The van der Waals surface area contributed by atoms with Crippen LogP contribution in [0.25, 0.3) is 0 Å². The summed E-state index contributed by atoms with van der Waals surface area (Å²) in [4.78, 5) is 6.91. The van der Waals surface area contributed by atoms with E-state index in [1.807, 2.05) is 36.5 Å². The van der Waals surface area contributed by atoms with Crippen LogP contribution in [0.2, 0.25) is 0 Å². The van der Waals surface area contributed by atoms with Crippen LogP contribution in [-0.2, 0) is 6.42 Å². The van der Waals surface area contributed by atoms with Crippen molar-refractivity contribution in [1.82, 2.24) is 0 Å². The van der Waals surface area contributed by atoms with Crippen molar-refractivity contribution >= 4 is 22.7 Å². The van der Waals surface area contributed by atoms with E-state index in [2.05, 4.69) is 66.4 Å². The number of hydrogen-bond donors (Lipinski definition) is 1. The maximum absolute atomic E-state index is 9.69. The van der Waals surface area contributed by atoms with Crippen LogP contribution in [0.15, 0.2) is 54.2 Å². The standard InChI is InChI=1S/C25H33N5/c1-28(2)23-16-20(15-21(18-26)19-27-22-11-7-5-8-12-22)17-24(29(3)4)25(23)30-13-9-6-10-14-30/h5,7-8,11-12,16-17,19,27H,6,9-10,13-15H2,1-4H3. The average Bonchev–Trinajstić information content (AvgIpc) is 2.77. The van der Waals surface area contributed by atoms with Crippen molar-refractivity contribution in [2.24, 2.45) is 0 Å². The number of para-hydroxylation sites is 1. The van der Waals surface area contributed by atoms with Gasteiger partial charge in [-0.3, -0.25) is 0 Å². The molecule has 5 nitrogen and oxygen atoms in total. The minimum Gasteiger partial charge on any atom is -0.376 e. The van der Waals surface area contributed by atoms with Crippen molar-refractivity contribution in [2.75, 3.05) is 61.3 Å². The maximum Gasteiger partial charge on any atom is 0.0965 e. The van der Waals surface area contributed by atoms with Crippen molar-refractivity contribution in [1.29, 1.82) is 5.26 Å². The van der Waals surface area contributed by atoms with E-state index in [9.17, 15) is 5.26 Å². The van der Waals surface area contributed by atoms with Crippen LogP contribution in [0.3, 0.4) is 0 Å². The number of anilines is 4. The third-order valence-corrected chi connectivity index (χ3v) is 5.49. The van der Waals surface area contributed by atoms with E-state index in [0.29, 0.717) is 12.0 Å². The van der Waals surface area contributed by atoms with E-state index in [1.54, 1.807) is 0 Å². The van der Waals surface area contributed by atoms with Gasteiger partial charge in [-0.05, 0) is 49.1 Å². The first-order valence-corrected chi connectivity index (χ1v) is 10.7. The number of rotatable bonds is 7. The Hall–Kier alpha value is -3.13. The Labute approximate surface area is 181 Å². The van der Waals surface area contributed by atoms with Gasteiger partial charge in [0.05, 0.1) is 23.1 Å². The van der Waals surface area contributed by atoms with Crippen LogP contribution in [0.1, 0.15) is 24.8 Å². The summed E-state index contributed by atoms with van der Waals surface area (Å²) in [5.74, 6) is 0. The highest BCUT2D eigenvalue weighted by Gasteiger charge is 2.22. The molecular formula is C25H33N5. The van der Waals surface area contributed by atoms with E-state index in [4.69, 9.17) is 0 Å². The zero-order valence-electron chi connectivity index (χ0n) is 18.7. The largest absolute Gasteiger partial charge is 0.376 e. The van der Waals surface area contributed by atoms with Crippen LogP contribution in [-0.4, -0.2) is 41.3 Å². The zero-order valence-corrected chi connectivity index (χ0v) is 18.7. The summed E-state index contributed by atoms with van der Waals surface area (Å²) in [5, 5.41) is 12.9. The molecule has 0 aromatic heterocycles. The Bertz CT molecular complexity index is 874. The molecule has 0 spiro atoms. The molecule has 2 aromatic carbocycles. The van der Waals surface area contributed by atoms with Gasteiger partial charge in [0.2, 0.25) is 0 Å². The van der Waals surface area contributed by atoms with Gasteiger partial charge in [0, 0.05) is 65.2 Å². The van der Waals surface area contributed by atoms with Gasteiger partial charge in [-0.2, -0.15) is 5.26 Å². The molecular weight excluding hydrogens is 370 g/mol. The highest BCUT2D eigenvalue weighted by atomic mass is 15.2. The van der Waals surface area contributed by atoms with Gasteiger partial charge in [0.15, 0.2) is 0 Å². The predicted molar refractivity (Wildman–Crippen MR) is 129 cm³/mol. The molecule has 30 heavy (non-hydrogen) atoms. The Morgan fingerprint density at radius 1 is 1.00 bits per heavy atom. The summed E-state index contributed by atoms with van der Waals surface area (Å²) in [6.07, 6.45) is 6.21. The minimum absolute atomic E-state index is 0.596. The van der Waals surface area contributed by atoms with Gasteiger partial charge in [-0.1, -0.05) is 18.2 Å². The quantitative estimate of drug-likeness (QED) is 0.668. The first kappa shape index (κ1) is 21.6. The summed E-state index contributed by atoms with van der Waals surface area (Å²) in [6, 6.07) is 16.8. The molecule has 5 heteroatoms. The Morgan fingerprint density at radius 3 is 2.13 bits per heavy atom. The van der Waals surface area contributed by atoms with Crippen molar-refractivity contribution < 1.29 is 0 Å². The van der Waals surface area contributed by atoms with Gasteiger partial charge in [0.25, 0.3) is 0 Å². The first-order valence-electron chi connectivity index (χ1n) is 10.7. The lowest BCUT2D eigenvalue weighted by Crippen LogP contribution is -2.32. The lowest BCUT2D eigenvalue weighted by molar-refractivity contribution is 0.577. The molecule has 1 aliphatic rings. The number of benzene rings is 2. The predicted octanol–water partition coefficient (Wildman–Crippen LogP) is 4.87. The topological polar surface area (TPSA) is 45.5 Å². The number of nitrogens with one attached hydrogen (secondary N) is 1. The molecule has 1 N–H and O–H groups in total. The highest BCUT2D eigenvalue weighted by Crippen LogP contribution is 2.40. The van der Waals surface area contributed by atoms with E-state index in [0.717, 1.165) is 24.3 Å². The highest BCUT2D eigenvalue weighted by molar-refractivity contribution is 5.85. The van der Waals surface area contributed by atoms with Gasteiger partial charge < -0.3 is 20.0 Å². The second-order valence-corrected chi connectivity index (χ2v) is 8.29. The number of hydrogen-bond acceptors (Lipinski definition) is 5. The van der Waals surface area contributed by atoms with Crippen molar-refractivity contribution in [3.63, 3.8) is 0 Å².